The van der Waals surface area contributed by atoms with Crippen molar-refractivity contribution in [3.63, 3.8) is 0 Å². The SMILES string of the molecule is CC(C)(C)OC(=O)N1CC(OCCF)C1. The van der Waals surface area contributed by atoms with Gasteiger partial charge >= 0.3 is 6.09 Å². The van der Waals surface area contributed by atoms with Crippen LogP contribution in [0.5, 0.6) is 0 Å². The number of nitrogens with zero attached hydrogens (tertiary/aromatic N) is 1. The van der Waals surface area contributed by atoms with Crippen LogP contribution in [-0.4, -0.2) is 49.1 Å². The van der Waals surface area contributed by atoms with Gasteiger partial charge < -0.3 is 14.4 Å². The fraction of sp³-hybridized carbons (Fsp3) is 0.900. The van der Waals surface area contributed by atoms with E-state index >= 15 is 0 Å². The molecule has 0 aliphatic carbocycles. The van der Waals surface area contributed by atoms with Gasteiger partial charge in [0.25, 0.3) is 0 Å². The lowest BCUT2D eigenvalue weighted by molar-refractivity contribution is -0.0651. The highest BCUT2D eigenvalue weighted by molar-refractivity contribution is 5.69. The number of hydrogen-bond acceptors (Lipinski definition) is 3. The normalized spacial score (nSPS) is 17.5. The molecular formula is C10H18FNO3. The van der Waals surface area contributed by atoms with Gasteiger partial charge in [-0.2, -0.15) is 0 Å². The number of hydrogen-bond donors (Lipinski definition) is 0. The lowest BCUT2D eigenvalue weighted by Gasteiger charge is -2.39. The van der Waals surface area contributed by atoms with Gasteiger partial charge in [0.05, 0.1) is 25.8 Å². The Balaban J connectivity index is 2.18. The number of carbonyl (C=O) groups excluding carboxylic acids is 1. The number of alkyl halides is 1. The van der Waals surface area contributed by atoms with E-state index in [1.807, 2.05) is 20.8 Å². The molecule has 0 aromatic heterocycles. The summed E-state index contributed by atoms with van der Waals surface area (Å²) in [5.74, 6) is 0. The lowest BCUT2D eigenvalue weighted by atomic mass is 10.2. The van der Waals surface area contributed by atoms with Crippen molar-refractivity contribution in [1.82, 2.24) is 4.90 Å². The molecule has 1 amide bonds. The summed E-state index contributed by atoms with van der Waals surface area (Å²) in [4.78, 5) is 13.0. The Kier molecular flexibility index (Phi) is 3.90. The van der Waals surface area contributed by atoms with Crippen LogP contribution < -0.4 is 0 Å². The van der Waals surface area contributed by atoms with Crippen LogP contribution in [-0.2, 0) is 9.47 Å². The molecule has 1 heterocycles. The highest BCUT2D eigenvalue weighted by Crippen LogP contribution is 2.16. The van der Waals surface area contributed by atoms with Gasteiger partial charge in [0, 0.05) is 0 Å². The summed E-state index contributed by atoms with van der Waals surface area (Å²) in [6.07, 6.45) is -0.365. The smallest absolute Gasteiger partial charge is 0.410 e. The molecule has 5 heteroatoms. The molecule has 0 spiro atoms. The first-order chi connectivity index (χ1) is 6.92. The molecule has 1 saturated heterocycles. The Bertz CT molecular complexity index is 221. The van der Waals surface area contributed by atoms with Crippen LogP contribution in [0.15, 0.2) is 0 Å². The van der Waals surface area contributed by atoms with Gasteiger partial charge in [-0.1, -0.05) is 0 Å². The van der Waals surface area contributed by atoms with Crippen molar-refractivity contribution >= 4 is 6.09 Å². The van der Waals surface area contributed by atoms with Crippen LogP contribution in [0.1, 0.15) is 20.8 Å². The molecule has 88 valence electrons. The predicted octanol–water partition coefficient (Wildman–Crippen LogP) is 1.59. The van der Waals surface area contributed by atoms with E-state index in [0.29, 0.717) is 13.1 Å². The van der Waals surface area contributed by atoms with Gasteiger partial charge in [-0.25, -0.2) is 9.18 Å². The van der Waals surface area contributed by atoms with E-state index in [4.69, 9.17) is 9.47 Å². The maximum Gasteiger partial charge on any atom is 0.410 e. The second-order valence-electron chi connectivity index (χ2n) is 4.57. The molecule has 0 N–H and O–H groups in total. The Hall–Kier alpha value is -0.840. The maximum atomic E-state index is 11.8. The first-order valence-corrected chi connectivity index (χ1v) is 5.08. The minimum Gasteiger partial charge on any atom is -0.444 e. The molecule has 0 bridgehead atoms. The molecule has 1 rings (SSSR count). The molecule has 0 atom stereocenters. The zero-order valence-electron chi connectivity index (χ0n) is 9.46. The Labute approximate surface area is 89.3 Å². The fourth-order valence-corrected chi connectivity index (χ4v) is 1.23. The summed E-state index contributed by atoms with van der Waals surface area (Å²) in [5.41, 5.74) is -0.470. The van der Waals surface area contributed by atoms with Gasteiger partial charge in [0.1, 0.15) is 12.3 Å². The van der Waals surface area contributed by atoms with Gasteiger partial charge in [-0.3, -0.25) is 0 Å². The lowest BCUT2D eigenvalue weighted by Crippen LogP contribution is -2.56. The summed E-state index contributed by atoms with van der Waals surface area (Å²) in [6.45, 7) is 6.07. The predicted molar refractivity (Wildman–Crippen MR) is 53.5 cm³/mol. The van der Waals surface area contributed by atoms with Crippen LogP contribution in [0.4, 0.5) is 9.18 Å². The number of likely N-dealkylation sites (tertiary alicyclic amines) is 1. The minimum atomic E-state index is -0.483. The summed E-state index contributed by atoms with van der Waals surface area (Å²) in [7, 11) is 0. The van der Waals surface area contributed by atoms with Gasteiger partial charge in [-0.15, -0.1) is 0 Å². The molecule has 1 aliphatic heterocycles. The molecular weight excluding hydrogens is 201 g/mol. The molecule has 1 aliphatic rings. The van der Waals surface area contributed by atoms with E-state index in [2.05, 4.69) is 0 Å². The van der Waals surface area contributed by atoms with E-state index in [1.54, 1.807) is 4.90 Å². The van der Waals surface area contributed by atoms with E-state index in [1.165, 1.54) is 0 Å². The van der Waals surface area contributed by atoms with Crippen LogP contribution in [0, 0.1) is 0 Å². The second-order valence-corrected chi connectivity index (χ2v) is 4.57. The molecule has 0 saturated carbocycles. The monoisotopic (exact) mass is 219 g/mol. The van der Waals surface area contributed by atoms with Crippen LogP contribution in [0.2, 0.25) is 0 Å². The molecule has 0 aromatic carbocycles. The third-order valence-corrected chi connectivity index (χ3v) is 1.93. The topological polar surface area (TPSA) is 38.8 Å². The second kappa shape index (κ2) is 4.79. The zero-order chi connectivity index (χ0) is 11.5. The summed E-state index contributed by atoms with van der Waals surface area (Å²) in [6, 6.07) is 0. The summed E-state index contributed by atoms with van der Waals surface area (Å²) >= 11 is 0. The number of amides is 1. The summed E-state index contributed by atoms with van der Waals surface area (Å²) < 4.78 is 22.0. The van der Waals surface area contributed by atoms with Crippen LogP contribution in [0.3, 0.4) is 0 Å². The van der Waals surface area contributed by atoms with Crippen LogP contribution >= 0.6 is 0 Å². The van der Waals surface area contributed by atoms with Gasteiger partial charge in [0.15, 0.2) is 0 Å². The van der Waals surface area contributed by atoms with Crippen LogP contribution in [0.25, 0.3) is 0 Å². The van der Waals surface area contributed by atoms with E-state index < -0.39 is 12.3 Å². The molecule has 0 radical (unpaired) electrons. The number of rotatable bonds is 3. The van der Waals surface area contributed by atoms with E-state index in [0.717, 1.165) is 0 Å². The molecule has 1 fully saturated rings. The highest BCUT2D eigenvalue weighted by atomic mass is 19.1. The van der Waals surface area contributed by atoms with Gasteiger partial charge in [0.2, 0.25) is 0 Å². The van der Waals surface area contributed by atoms with E-state index in [9.17, 15) is 9.18 Å². The number of halogens is 1. The quantitative estimate of drug-likeness (QED) is 0.723. The third-order valence-electron chi connectivity index (χ3n) is 1.93. The standard InChI is InChI=1S/C10H18FNO3/c1-10(2,3)15-9(13)12-6-8(7-12)14-5-4-11/h8H,4-7H2,1-3H3. The van der Waals surface area contributed by atoms with Crippen molar-refractivity contribution in [1.29, 1.82) is 0 Å². The Morgan fingerprint density at radius 1 is 1.47 bits per heavy atom. The minimum absolute atomic E-state index is 0.0340. The molecule has 0 unspecified atom stereocenters. The average molecular weight is 219 g/mol. The number of ether oxygens (including phenoxy) is 2. The van der Waals surface area contributed by atoms with Gasteiger partial charge in [-0.05, 0) is 20.8 Å². The fourth-order valence-electron chi connectivity index (χ4n) is 1.23. The van der Waals surface area contributed by atoms with Crippen molar-refractivity contribution in [3.05, 3.63) is 0 Å². The number of carbonyl (C=O) groups is 1. The zero-order valence-corrected chi connectivity index (χ0v) is 9.46. The van der Waals surface area contributed by atoms with Crippen molar-refractivity contribution in [3.8, 4) is 0 Å². The van der Waals surface area contributed by atoms with Crippen molar-refractivity contribution < 1.29 is 18.7 Å². The molecule has 4 nitrogen and oxygen atoms in total. The third kappa shape index (κ3) is 4.03. The van der Waals surface area contributed by atoms with E-state index in [-0.39, 0.29) is 18.8 Å². The first kappa shape index (κ1) is 12.2. The van der Waals surface area contributed by atoms with Crippen molar-refractivity contribution in [2.24, 2.45) is 0 Å². The molecule has 15 heavy (non-hydrogen) atoms. The Morgan fingerprint density at radius 3 is 2.53 bits per heavy atom. The molecule has 0 aromatic rings. The largest absolute Gasteiger partial charge is 0.444 e. The average Bonchev–Trinajstić information content (AvgIpc) is 1.98. The summed E-state index contributed by atoms with van der Waals surface area (Å²) in [5, 5.41) is 0. The first-order valence-electron chi connectivity index (χ1n) is 5.08. The van der Waals surface area contributed by atoms with Crippen molar-refractivity contribution in [2.45, 2.75) is 32.5 Å². The maximum absolute atomic E-state index is 11.8. The highest BCUT2D eigenvalue weighted by Gasteiger charge is 2.34. The Morgan fingerprint density at radius 2 is 2.07 bits per heavy atom. The van der Waals surface area contributed by atoms with Crippen molar-refractivity contribution in [2.75, 3.05) is 26.4 Å².